The number of nitrogens with one attached hydrogen (secondary N) is 1. The van der Waals surface area contributed by atoms with Crippen molar-refractivity contribution in [3.63, 3.8) is 0 Å². The van der Waals surface area contributed by atoms with Crippen molar-refractivity contribution in [3.8, 4) is 0 Å². The van der Waals surface area contributed by atoms with Crippen LogP contribution in [0.1, 0.15) is 34.6 Å². The van der Waals surface area contributed by atoms with E-state index in [1.54, 1.807) is 19.1 Å². The van der Waals surface area contributed by atoms with Gasteiger partial charge < -0.3 is 19.7 Å². The van der Waals surface area contributed by atoms with Crippen molar-refractivity contribution < 1.29 is 14.3 Å². The number of carbonyl (C=O) groups is 1. The Labute approximate surface area is 117 Å². The number of carbonyl (C=O) groups excluding carboxylic acids is 1. The van der Waals surface area contributed by atoms with Crippen LogP contribution in [0.3, 0.4) is 0 Å². The summed E-state index contributed by atoms with van der Waals surface area (Å²) in [5.41, 5.74) is -0.449. The van der Waals surface area contributed by atoms with Gasteiger partial charge in [0.2, 0.25) is 0 Å². The predicted molar refractivity (Wildman–Crippen MR) is 77.4 cm³/mol. The summed E-state index contributed by atoms with van der Waals surface area (Å²) >= 11 is 0. The standard InChI is InChI=1S/C14H30N2O3/c1-11(2)12(10-18-7)15-8-9-16(6)13(17)19-14(3,4)5/h11-12,15H,8-10H2,1-7H3. The number of hydrogen-bond acceptors (Lipinski definition) is 4. The van der Waals surface area contributed by atoms with E-state index >= 15 is 0 Å². The predicted octanol–water partition coefficient (Wildman–Crippen LogP) is 2.11. The maximum Gasteiger partial charge on any atom is 0.410 e. The van der Waals surface area contributed by atoms with E-state index in [0.717, 1.165) is 6.54 Å². The van der Waals surface area contributed by atoms with Crippen molar-refractivity contribution >= 4 is 6.09 Å². The highest BCUT2D eigenvalue weighted by Crippen LogP contribution is 2.08. The second kappa shape index (κ2) is 8.38. The summed E-state index contributed by atoms with van der Waals surface area (Å²) in [5.74, 6) is 0.492. The van der Waals surface area contributed by atoms with Crippen LogP contribution < -0.4 is 5.32 Å². The fourth-order valence-corrected chi connectivity index (χ4v) is 1.52. The van der Waals surface area contributed by atoms with E-state index in [4.69, 9.17) is 9.47 Å². The fraction of sp³-hybridized carbons (Fsp3) is 0.929. The van der Waals surface area contributed by atoms with Gasteiger partial charge in [-0.1, -0.05) is 13.8 Å². The molecule has 0 heterocycles. The molecule has 0 aromatic rings. The molecular weight excluding hydrogens is 244 g/mol. The molecule has 0 aromatic heterocycles. The summed E-state index contributed by atoms with van der Waals surface area (Å²) in [7, 11) is 3.44. The van der Waals surface area contributed by atoms with E-state index in [9.17, 15) is 4.79 Å². The van der Waals surface area contributed by atoms with Crippen molar-refractivity contribution in [3.05, 3.63) is 0 Å². The molecule has 5 heteroatoms. The molecule has 1 atom stereocenters. The average molecular weight is 274 g/mol. The summed E-state index contributed by atoms with van der Waals surface area (Å²) in [4.78, 5) is 13.3. The third-order valence-electron chi connectivity index (χ3n) is 2.71. The van der Waals surface area contributed by atoms with Crippen molar-refractivity contribution in [2.45, 2.75) is 46.3 Å². The Morgan fingerprint density at radius 2 is 1.89 bits per heavy atom. The zero-order chi connectivity index (χ0) is 15.1. The average Bonchev–Trinajstić information content (AvgIpc) is 2.25. The topological polar surface area (TPSA) is 50.8 Å². The van der Waals surface area contributed by atoms with Crippen LogP contribution in [0.2, 0.25) is 0 Å². The fourth-order valence-electron chi connectivity index (χ4n) is 1.52. The molecule has 1 unspecified atom stereocenters. The molecule has 0 fully saturated rings. The van der Waals surface area contributed by atoms with E-state index in [2.05, 4.69) is 19.2 Å². The van der Waals surface area contributed by atoms with Crippen LogP contribution >= 0.6 is 0 Å². The molecule has 0 saturated carbocycles. The highest BCUT2D eigenvalue weighted by atomic mass is 16.6. The molecule has 0 saturated heterocycles. The molecule has 5 nitrogen and oxygen atoms in total. The molecular formula is C14H30N2O3. The van der Waals surface area contributed by atoms with Crippen LogP contribution in [0, 0.1) is 5.92 Å². The minimum atomic E-state index is -0.449. The first-order valence-electron chi connectivity index (χ1n) is 6.83. The van der Waals surface area contributed by atoms with Crippen LogP contribution in [0.15, 0.2) is 0 Å². The van der Waals surface area contributed by atoms with Crippen molar-refractivity contribution in [2.75, 3.05) is 33.9 Å². The van der Waals surface area contributed by atoms with E-state index in [-0.39, 0.29) is 6.09 Å². The minimum Gasteiger partial charge on any atom is -0.444 e. The Morgan fingerprint density at radius 3 is 2.32 bits per heavy atom. The van der Waals surface area contributed by atoms with Gasteiger partial charge in [-0.05, 0) is 26.7 Å². The number of ether oxygens (including phenoxy) is 2. The van der Waals surface area contributed by atoms with Gasteiger partial charge in [0.15, 0.2) is 0 Å². The number of likely N-dealkylation sites (N-methyl/N-ethyl adjacent to an activating group) is 1. The highest BCUT2D eigenvalue weighted by Gasteiger charge is 2.19. The maximum absolute atomic E-state index is 11.7. The number of rotatable bonds is 7. The molecule has 114 valence electrons. The molecule has 0 aromatic carbocycles. The van der Waals surface area contributed by atoms with Gasteiger partial charge >= 0.3 is 6.09 Å². The van der Waals surface area contributed by atoms with Crippen LogP contribution in [0.25, 0.3) is 0 Å². The number of amides is 1. The normalized spacial score (nSPS) is 13.5. The van der Waals surface area contributed by atoms with E-state index in [1.165, 1.54) is 0 Å². The third-order valence-corrected chi connectivity index (χ3v) is 2.71. The van der Waals surface area contributed by atoms with Gasteiger partial charge in [-0.3, -0.25) is 0 Å². The summed E-state index contributed by atoms with van der Waals surface area (Å²) in [6, 6.07) is 0.303. The molecule has 0 rings (SSSR count). The Morgan fingerprint density at radius 1 is 1.32 bits per heavy atom. The molecule has 0 radical (unpaired) electrons. The van der Waals surface area contributed by atoms with Gasteiger partial charge in [0, 0.05) is 33.3 Å². The van der Waals surface area contributed by atoms with Gasteiger partial charge in [-0.2, -0.15) is 0 Å². The Kier molecular flexibility index (Phi) is 8.02. The Hall–Kier alpha value is -0.810. The van der Waals surface area contributed by atoms with Crippen LogP contribution in [-0.2, 0) is 9.47 Å². The van der Waals surface area contributed by atoms with Crippen LogP contribution in [0.5, 0.6) is 0 Å². The quantitative estimate of drug-likeness (QED) is 0.772. The number of nitrogens with zero attached hydrogens (tertiary/aromatic N) is 1. The minimum absolute atomic E-state index is 0.290. The monoisotopic (exact) mass is 274 g/mol. The Bertz CT molecular complexity index is 262. The third kappa shape index (κ3) is 8.83. The molecule has 1 N–H and O–H groups in total. The summed E-state index contributed by atoms with van der Waals surface area (Å²) < 4.78 is 10.5. The molecule has 0 aliphatic carbocycles. The van der Waals surface area contributed by atoms with Gasteiger partial charge in [0.1, 0.15) is 5.60 Å². The van der Waals surface area contributed by atoms with E-state index < -0.39 is 5.60 Å². The van der Waals surface area contributed by atoms with Gasteiger partial charge in [-0.15, -0.1) is 0 Å². The van der Waals surface area contributed by atoms with Crippen molar-refractivity contribution in [1.82, 2.24) is 10.2 Å². The van der Waals surface area contributed by atoms with Gasteiger partial charge in [-0.25, -0.2) is 4.79 Å². The van der Waals surface area contributed by atoms with Gasteiger partial charge in [0.25, 0.3) is 0 Å². The number of methoxy groups -OCH3 is 1. The van der Waals surface area contributed by atoms with Gasteiger partial charge in [0.05, 0.1) is 6.61 Å². The zero-order valence-electron chi connectivity index (χ0n) is 13.4. The van der Waals surface area contributed by atoms with Crippen molar-refractivity contribution in [2.24, 2.45) is 5.92 Å². The summed E-state index contributed by atoms with van der Waals surface area (Å²) in [6.45, 7) is 11.9. The highest BCUT2D eigenvalue weighted by molar-refractivity contribution is 5.67. The molecule has 0 aliphatic heterocycles. The second-order valence-corrected chi connectivity index (χ2v) is 6.16. The lowest BCUT2D eigenvalue weighted by Gasteiger charge is -2.26. The lowest BCUT2D eigenvalue weighted by molar-refractivity contribution is 0.0297. The van der Waals surface area contributed by atoms with Crippen molar-refractivity contribution in [1.29, 1.82) is 0 Å². The van der Waals surface area contributed by atoms with Crippen LogP contribution in [0.4, 0.5) is 4.79 Å². The molecule has 0 aliphatic rings. The van der Waals surface area contributed by atoms with E-state index in [0.29, 0.717) is 25.1 Å². The lowest BCUT2D eigenvalue weighted by atomic mass is 10.1. The first-order chi connectivity index (χ1) is 8.67. The van der Waals surface area contributed by atoms with Crippen LogP contribution in [-0.4, -0.2) is 56.5 Å². The number of hydrogen-bond donors (Lipinski definition) is 1. The molecule has 1 amide bonds. The molecule has 0 spiro atoms. The molecule has 19 heavy (non-hydrogen) atoms. The van der Waals surface area contributed by atoms with E-state index in [1.807, 2.05) is 20.8 Å². The summed E-state index contributed by atoms with van der Waals surface area (Å²) in [6.07, 6.45) is -0.290. The molecule has 0 bridgehead atoms. The SMILES string of the molecule is COCC(NCCN(C)C(=O)OC(C)(C)C)C(C)C. The smallest absolute Gasteiger partial charge is 0.410 e. The second-order valence-electron chi connectivity index (χ2n) is 6.16. The zero-order valence-corrected chi connectivity index (χ0v) is 13.4. The summed E-state index contributed by atoms with van der Waals surface area (Å²) in [5, 5.41) is 3.39. The largest absolute Gasteiger partial charge is 0.444 e. The first-order valence-corrected chi connectivity index (χ1v) is 6.83. The first kappa shape index (κ1) is 18.2. The maximum atomic E-state index is 11.7. The lowest BCUT2D eigenvalue weighted by Crippen LogP contribution is -2.43. The Balaban J connectivity index is 4.02.